The van der Waals surface area contributed by atoms with Crippen LogP contribution in [-0.4, -0.2) is 30.5 Å². The molecule has 1 saturated heterocycles. The first-order chi connectivity index (χ1) is 8.74. The summed E-state index contributed by atoms with van der Waals surface area (Å²) in [4.78, 5) is 2.49. The fraction of sp³-hybridized carbons (Fsp3) is 0.571. The lowest BCUT2D eigenvalue weighted by Crippen LogP contribution is -2.40. The van der Waals surface area contributed by atoms with Crippen molar-refractivity contribution in [1.82, 2.24) is 4.90 Å². The highest BCUT2D eigenvalue weighted by molar-refractivity contribution is 9.10. The molecule has 1 fully saturated rings. The molecule has 2 rings (SSSR count). The highest BCUT2D eigenvalue weighted by atomic mass is 79.9. The number of methoxy groups -OCH3 is 1. The van der Waals surface area contributed by atoms with Crippen molar-refractivity contribution in [2.75, 3.05) is 19.5 Å². The van der Waals surface area contributed by atoms with Gasteiger partial charge in [-0.2, -0.15) is 0 Å². The van der Waals surface area contributed by atoms with Crippen molar-refractivity contribution in [2.45, 2.75) is 31.8 Å². The highest BCUT2D eigenvalue weighted by Gasteiger charge is 2.21. The number of alkyl halides is 1. The van der Waals surface area contributed by atoms with Gasteiger partial charge in [-0.05, 0) is 53.0 Å². The molecule has 0 bridgehead atoms. The molecule has 0 aromatic heterocycles. The third-order valence-electron chi connectivity index (χ3n) is 3.53. The quantitative estimate of drug-likeness (QED) is 0.771. The van der Waals surface area contributed by atoms with Gasteiger partial charge in [-0.1, -0.05) is 12.5 Å². The smallest absolute Gasteiger partial charge is 0.133 e. The average Bonchev–Trinajstić information content (AvgIpc) is 2.39. The summed E-state index contributed by atoms with van der Waals surface area (Å²) in [6, 6.07) is 6.81. The molecule has 1 atom stereocenters. The summed E-state index contributed by atoms with van der Waals surface area (Å²) in [7, 11) is 1.69. The van der Waals surface area contributed by atoms with E-state index in [0.717, 1.165) is 29.2 Å². The van der Waals surface area contributed by atoms with Gasteiger partial charge in [0.15, 0.2) is 0 Å². The molecule has 0 amide bonds. The number of hydrogen-bond acceptors (Lipinski definition) is 2. The fourth-order valence-corrected chi connectivity index (χ4v) is 3.42. The van der Waals surface area contributed by atoms with Crippen molar-refractivity contribution in [2.24, 2.45) is 0 Å². The van der Waals surface area contributed by atoms with Crippen LogP contribution in [0.15, 0.2) is 22.7 Å². The van der Waals surface area contributed by atoms with Crippen LogP contribution in [0.3, 0.4) is 0 Å². The van der Waals surface area contributed by atoms with E-state index in [9.17, 15) is 0 Å². The molecule has 1 heterocycles. The molecule has 1 unspecified atom stereocenters. The fourth-order valence-electron chi connectivity index (χ4n) is 2.49. The lowest BCUT2D eigenvalue weighted by Gasteiger charge is -2.34. The Balaban J connectivity index is 2.05. The molecule has 1 aromatic rings. The van der Waals surface area contributed by atoms with E-state index >= 15 is 0 Å². The Bertz CT molecular complexity index is 399. The van der Waals surface area contributed by atoms with E-state index in [2.05, 4.69) is 33.0 Å². The Morgan fingerprint density at radius 1 is 1.44 bits per heavy atom. The molecule has 4 heteroatoms. The number of likely N-dealkylation sites (tertiary alicyclic amines) is 1. The lowest BCUT2D eigenvalue weighted by molar-refractivity contribution is 0.155. The van der Waals surface area contributed by atoms with Crippen LogP contribution in [0.25, 0.3) is 0 Å². The van der Waals surface area contributed by atoms with Gasteiger partial charge in [0.2, 0.25) is 0 Å². The van der Waals surface area contributed by atoms with Gasteiger partial charge in [-0.3, -0.25) is 4.90 Å². The molecular weight excluding hydrogens is 314 g/mol. The Morgan fingerprint density at radius 2 is 2.28 bits per heavy atom. The van der Waals surface area contributed by atoms with Crippen LogP contribution in [0.1, 0.15) is 24.8 Å². The van der Waals surface area contributed by atoms with E-state index in [0.29, 0.717) is 6.04 Å². The van der Waals surface area contributed by atoms with Gasteiger partial charge in [-0.25, -0.2) is 0 Å². The first-order valence-electron chi connectivity index (χ1n) is 6.37. The summed E-state index contributed by atoms with van der Waals surface area (Å²) in [6.07, 6.45) is 3.81. The summed E-state index contributed by atoms with van der Waals surface area (Å²) >= 11 is 9.58. The van der Waals surface area contributed by atoms with Crippen LogP contribution in [0.2, 0.25) is 0 Å². The van der Waals surface area contributed by atoms with Crippen molar-refractivity contribution >= 4 is 27.5 Å². The molecule has 2 nitrogen and oxygen atoms in total. The molecule has 1 aromatic carbocycles. The minimum atomic E-state index is 0.529. The molecule has 0 spiro atoms. The standard InChI is InChI=1S/C14H19BrClNO/c1-18-14-6-5-11(8-13(14)15)10-17-7-3-2-4-12(17)9-16/h5-6,8,12H,2-4,7,9-10H2,1H3. The van der Waals surface area contributed by atoms with Gasteiger partial charge >= 0.3 is 0 Å². The second-order valence-corrected chi connectivity index (χ2v) is 5.91. The monoisotopic (exact) mass is 331 g/mol. The van der Waals surface area contributed by atoms with Crippen molar-refractivity contribution in [3.05, 3.63) is 28.2 Å². The molecule has 18 heavy (non-hydrogen) atoms. The van der Waals surface area contributed by atoms with Crippen LogP contribution in [0.5, 0.6) is 5.75 Å². The number of rotatable bonds is 4. The molecule has 1 aliphatic heterocycles. The second kappa shape index (κ2) is 6.78. The molecule has 0 saturated carbocycles. The zero-order valence-corrected chi connectivity index (χ0v) is 13.0. The zero-order valence-electron chi connectivity index (χ0n) is 10.7. The van der Waals surface area contributed by atoms with Gasteiger partial charge in [0.25, 0.3) is 0 Å². The number of ether oxygens (including phenoxy) is 1. The largest absolute Gasteiger partial charge is 0.496 e. The second-order valence-electron chi connectivity index (χ2n) is 4.74. The molecular formula is C14H19BrClNO. The van der Waals surface area contributed by atoms with Crippen molar-refractivity contribution in [3.8, 4) is 5.75 Å². The van der Waals surface area contributed by atoms with Crippen molar-refractivity contribution < 1.29 is 4.74 Å². The number of benzene rings is 1. The Morgan fingerprint density at radius 3 is 2.94 bits per heavy atom. The Hall–Kier alpha value is -0.250. The summed E-state index contributed by atoms with van der Waals surface area (Å²) in [5, 5.41) is 0. The van der Waals surface area contributed by atoms with Crippen molar-refractivity contribution in [3.63, 3.8) is 0 Å². The first kappa shape index (κ1) is 14.2. The molecule has 0 radical (unpaired) electrons. The molecule has 0 N–H and O–H groups in total. The predicted molar refractivity (Wildman–Crippen MR) is 79.5 cm³/mol. The SMILES string of the molecule is COc1ccc(CN2CCCCC2CCl)cc1Br. The normalized spacial score (nSPS) is 20.9. The Labute approximate surface area is 122 Å². The number of halogens is 2. The van der Waals surface area contributed by atoms with E-state index in [4.69, 9.17) is 16.3 Å². The lowest BCUT2D eigenvalue weighted by atomic mass is 10.0. The number of piperidine rings is 1. The van der Waals surface area contributed by atoms with Crippen LogP contribution in [0, 0.1) is 0 Å². The van der Waals surface area contributed by atoms with Crippen LogP contribution >= 0.6 is 27.5 Å². The minimum Gasteiger partial charge on any atom is -0.496 e. The first-order valence-corrected chi connectivity index (χ1v) is 7.69. The van der Waals surface area contributed by atoms with Gasteiger partial charge in [0, 0.05) is 18.5 Å². The van der Waals surface area contributed by atoms with Crippen LogP contribution in [-0.2, 0) is 6.54 Å². The van der Waals surface area contributed by atoms with E-state index in [1.807, 2.05) is 6.07 Å². The maximum atomic E-state index is 6.05. The third kappa shape index (κ3) is 3.40. The topological polar surface area (TPSA) is 12.5 Å². The maximum Gasteiger partial charge on any atom is 0.133 e. The molecule has 100 valence electrons. The molecule has 1 aliphatic rings. The third-order valence-corrected chi connectivity index (χ3v) is 4.50. The van der Waals surface area contributed by atoms with Crippen molar-refractivity contribution in [1.29, 1.82) is 0 Å². The summed E-state index contributed by atoms with van der Waals surface area (Å²) in [5.74, 6) is 1.61. The maximum absolute atomic E-state index is 6.05. The summed E-state index contributed by atoms with van der Waals surface area (Å²) in [6.45, 7) is 2.13. The highest BCUT2D eigenvalue weighted by Crippen LogP contribution is 2.27. The van der Waals surface area contributed by atoms with Gasteiger partial charge in [0.05, 0.1) is 11.6 Å². The van der Waals surface area contributed by atoms with Gasteiger partial charge in [0.1, 0.15) is 5.75 Å². The van der Waals surface area contributed by atoms with E-state index in [-0.39, 0.29) is 0 Å². The van der Waals surface area contributed by atoms with Gasteiger partial charge in [-0.15, -0.1) is 11.6 Å². The summed E-state index contributed by atoms with van der Waals surface area (Å²) < 4.78 is 6.27. The van der Waals surface area contributed by atoms with Crippen LogP contribution in [0.4, 0.5) is 0 Å². The van der Waals surface area contributed by atoms with Crippen LogP contribution < -0.4 is 4.74 Å². The van der Waals surface area contributed by atoms with E-state index in [1.165, 1.54) is 24.8 Å². The number of hydrogen-bond donors (Lipinski definition) is 0. The zero-order chi connectivity index (χ0) is 13.0. The average molecular weight is 333 g/mol. The van der Waals surface area contributed by atoms with Gasteiger partial charge < -0.3 is 4.74 Å². The van der Waals surface area contributed by atoms with E-state index in [1.54, 1.807) is 7.11 Å². The minimum absolute atomic E-state index is 0.529. The summed E-state index contributed by atoms with van der Waals surface area (Å²) in [5.41, 5.74) is 1.31. The number of nitrogens with zero attached hydrogens (tertiary/aromatic N) is 1. The Kier molecular flexibility index (Phi) is 5.34. The predicted octanol–water partition coefficient (Wildman–Crippen LogP) is 4.05. The molecule has 0 aliphatic carbocycles. The van der Waals surface area contributed by atoms with E-state index < -0.39 is 0 Å².